The third-order valence-electron chi connectivity index (χ3n) is 1.56. The predicted octanol–water partition coefficient (Wildman–Crippen LogP) is 1.05. The number of alkyl halides is 1. The highest BCUT2D eigenvalue weighted by atomic mass is 79.9. The summed E-state index contributed by atoms with van der Waals surface area (Å²) in [6.45, 7) is 5.63. The third kappa shape index (κ3) is 4.72. The first-order valence-electron chi connectivity index (χ1n) is 3.96. The van der Waals surface area contributed by atoms with E-state index in [0.29, 0.717) is 6.42 Å². The molecule has 0 radical (unpaired) electrons. The lowest BCUT2D eigenvalue weighted by Gasteiger charge is -2.25. The quantitative estimate of drug-likeness (QED) is 0.719. The number of amides is 1. The Balaban J connectivity index is 3.96. The number of halogens is 1. The Labute approximate surface area is 81.7 Å². The summed E-state index contributed by atoms with van der Waals surface area (Å²) in [5.41, 5.74) is -0.326. The van der Waals surface area contributed by atoms with E-state index in [1.165, 1.54) is 0 Å². The topological polar surface area (TPSA) is 49.3 Å². The SMILES string of the molecule is CC(Br)C(=O)NC(C)(C)CCO. The van der Waals surface area contributed by atoms with Crippen molar-refractivity contribution >= 4 is 21.8 Å². The second-order valence-electron chi connectivity index (χ2n) is 3.46. The minimum absolute atomic E-state index is 0.0477. The highest BCUT2D eigenvalue weighted by molar-refractivity contribution is 9.10. The van der Waals surface area contributed by atoms with Gasteiger partial charge in [-0.05, 0) is 27.2 Å². The summed E-state index contributed by atoms with van der Waals surface area (Å²) >= 11 is 3.17. The molecule has 0 fully saturated rings. The molecule has 0 heterocycles. The van der Waals surface area contributed by atoms with Gasteiger partial charge in [-0.1, -0.05) is 15.9 Å². The average molecular weight is 238 g/mol. The van der Waals surface area contributed by atoms with Crippen LogP contribution >= 0.6 is 15.9 Å². The molecule has 0 aliphatic rings. The fourth-order valence-electron chi connectivity index (χ4n) is 0.775. The molecule has 0 aromatic rings. The Morgan fingerprint density at radius 2 is 2.17 bits per heavy atom. The van der Waals surface area contributed by atoms with Crippen molar-refractivity contribution in [3.63, 3.8) is 0 Å². The lowest BCUT2D eigenvalue weighted by Crippen LogP contribution is -2.46. The van der Waals surface area contributed by atoms with Crippen molar-refractivity contribution in [3.8, 4) is 0 Å². The van der Waals surface area contributed by atoms with Crippen molar-refractivity contribution in [3.05, 3.63) is 0 Å². The smallest absolute Gasteiger partial charge is 0.233 e. The summed E-state index contributed by atoms with van der Waals surface area (Å²) in [7, 11) is 0. The molecule has 0 saturated heterocycles. The Morgan fingerprint density at radius 1 is 1.67 bits per heavy atom. The van der Waals surface area contributed by atoms with Crippen LogP contribution in [-0.2, 0) is 4.79 Å². The first-order valence-corrected chi connectivity index (χ1v) is 4.87. The Hall–Kier alpha value is -0.0900. The predicted molar refractivity (Wildman–Crippen MR) is 52.3 cm³/mol. The molecule has 1 amide bonds. The maximum atomic E-state index is 11.2. The standard InChI is InChI=1S/C8H16BrNO2/c1-6(9)7(12)10-8(2,3)4-5-11/h6,11H,4-5H2,1-3H3,(H,10,12). The number of carbonyl (C=O) groups is 1. The summed E-state index contributed by atoms with van der Waals surface area (Å²) in [6.07, 6.45) is 0.568. The van der Waals surface area contributed by atoms with Gasteiger partial charge in [0.15, 0.2) is 0 Å². The van der Waals surface area contributed by atoms with E-state index in [-0.39, 0.29) is 22.9 Å². The number of aliphatic hydroxyl groups excluding tert-OH is 1. The lowest BCUT2D eigenvalue weighted by molar-refractivity contribution is -0.121. The van der Waals surface area contributed by atoms with Gasteiger partial charge >= 0.3 is 0 Å². The number of rotatable bonds is 4. The normalized spacial score (nSPS) is 14.1. The van der Waals surface area contributed by atoms with E-state index in [0.717, 1.165) is 0 Å². The van der Waals surface area contributed by atoms with E-state index in [1.54, 1.807) is 6.92 Å². The molecule has 0 aliphatic carbocycles. The maximum Gasteiger partial charge on any atom is 0.233 e. The van der Waals surface area contributed by atoms with Crippen LogP contribution in [0.25, 0.3) is 0 Å². The summed E-state index contributed by atoms with van der Waals surface area (Å²) in [5, 5.41) is 11.5. The van der Waals surface area contributed by atoms with Crippen molar-refractivity contribution < 1.29 is 9.90 Å². The molecule has 0 aromatic carbocycles. The van der Waals surface area contributed by atoms with Crippen LogP contribution < -0.4 is 5.32 Å². The maximum absolute atomic E-state index is 11.2. The van der Waals surface area contributed by atoms with Crippen LogP contribution in [0.15, 0.2) is 0 Å². The van der Waals surface area contributed by atoms with Crippen LogP contribution in [-0.4, -0.2) is 28.0 Å². The molecule has 72 valence electrons. The highest BCUT2D eigenvalue weighted by Gasteiger charge is 2.21. The Bertz CT molecular complexity index is 157. The molecule has 0 saturated carbocycles. The van der Waals surface area contributed by atoms with Crippen LogP contribution in [0.2, 0.25) is 0 Å². The molecular weight excluding hydrogens is 222 g/mol. The van der Waals surface area contributed by atoms with Gasteiger partial charge in [-0.15, -0.1) is 0 Å². The summed E-state index contributed by atoms with van der Waals surface area (Å²) in [5.74, 6) is -0.0477. The molecule has 2 N–H and O–H groups in total. The van der Waals surface area contributed by atoms with Crippen LogP contribution in [0.3, 0.4) is 0 Å². The zero-order valence-corrected chi connectivity index (χ0v) is 9.31. The number of carbonyl (C=O) groups excluding carboxylic acids is 1. The van der Waals surface area contributed by atoms with Crippen molar-refractivity contribution in [1.29, 1.82) is 0 Å². The van der Waals surface area contributed by atoms with Gasteiger partial charge in [0, 0.05) is 12.1 Å². The van der Waals surface area contributed by atoms with Gasteiger partial charge in [0.25, 0.3) is 0 Å². The van der Waals surface area contributed by atoms with Crippen molar-refractivity contribution in [2.45, 2.75) is 37.6 Å². The van der Waals surface area contributed by atoms with Gasteiger partial charge in [0.2, 0.25) is 5.91 Å². The monoisotopic (exact) mass is 237 g/mol. The van der Waals surface area contributed by atoms with Gasteiger partial charge in [0.05, 0.1) is 4.83 Å². The van der Waals surface area contributed by atoms with E-state index >= 15 is 0 Å². The summed E-state index contributed by atoms with van der Waals surface area (Å²) < 4.78 is 0. The van der Waals surface area contributed by atoms with Crippen molar-refractivity contribution in [1.82, 2.24) is 5.32 Å². The molecule has 0 spiro atoms. The summed E-state index contributed by atoms with van der Waals surface area (Å²) in [4.78, 5) is 11.0. The van der Waals surface area contributed by atoms with Gasteiger partial charge in [-0.3, -0.25) is 4.79 Å². The molecule has 12 heavy (non-hydrogen) atoms. The molecule has 0 rings (SSSR count). The number of aliphatic hydroxyl groups is 1. The average Bonchev–Trinajstić information content (AvgIpc) is 1.85. The second-order valence-corrected chi connectivity index (χ2v) is 4.84. The van der Waals surface area contributed by atoms with Crippen molar-refractivity contribution in [2.24, 2.45) is 0 Å². The van der Waals surface area contributed by atoms with Crippen LogP contribution in [0.5, 0.6) is 0 Å². The first-order chi connectivity index (χ1) is 5.39. The highest BCUT2D eigenvalue weighted by Crippen LogP contribution is 2.09. The van der Waals surface area contributed by atoms with E-state index < -0.39 is 0 Å². The zero-order chi connectivity index (χ0) is 9.78. The third-order valence-corrected chi connectivity index (χ3v) is 1.98. The zero-order valence-electron chi connectivity index (χ0n) is 7.72. The lowest BCUT2D eigenvalue weighted by atomic mass is 10.0. The van der Waals surface area contributed by atoms with Crippen molar-refractivity contribution in [2.75, 3.05) is 6.61 Å². The van der Waals surface area contributed by atoms with Gasteiger partial charge in [0.1, 0.15) is 0 Å². The molecule has 0 aliphatic heterocycles. The van der Waals surface area contributed by atoms with E-state index in [2.05, 4.69) is 21.2 Å². The fourth-order valence-corrected chi connectivity index (χ4v) is 0.889. The van der Waals surface area contributed by atoms with Gasteiger partial charge < -0.3 is 10.4 Å². The number of nitrogens with one attached hydrogen (secondary N) is 1. The van der Waals surface area contributed by atoms with E-state index in [1.807, 2.05) is 13.8 Å². The Kier molecular flexibility index (Phi) is 4.78. The molecule has 4 heteroatoms. The van der Waals surface area contributed by atoms with E-state index in [9.17, 15) is 4.79 Å². The Morgan fingerprint density at radius 3 is 2.50 bits per heavy atom. The number of hydrogen-bond donors (Lipinski definition) is 2. The molecule has 0 bridgehead atoms. The first kappa shape index (κ1) is 11.9. The minimum atomic E-state index is -0.326. The molecule has 3 nitrogen and oxygen atoms in total. The number of hydrogen-bond acceptors (Lipinski definition) is 2. The fraction of sp³-hybridized carbons (Fsp3) is 0.875. The molecule has 1 atom stereocenters. The largest absolute Gasteiger partial charge is 0.396 e. The van der Waals surface area contributed by atoms with Gasteiger partial charge in [-0.2, -0.15) is 0 Å². The van der Waals surface area contributed by atoms with Crippen LogP contribution in [0.4, 0.5) is 0 Å². The summed E-state index contributed by atoms with van der Waals surface area (Å²) in [6, 6.07) is 0. The van der Waals surface area contributed by atoms with Crippen LogP contribution in [0, 0.1) is 0 Å². The minimum Gasteiger partial charge on any atom is -0.396 e. The van der Waals surface area contributed by atoms with E-state index in [4.69, 9.17) is 5.11 Å². The molecule has 1 unspecified atom stereocenters. The van der Waals surface area contributed by atoms with Gasteiger partial charge in [-0.25, -0.2) is 0 Å². The second kappa shape index (κ2) is 4.82. The molecular formula is C8H16BrNO2. The molecule has 0 aromatic heterocycles. The van der Waals surface area contributed by atoms with Crippen LogP contribution in [0.1, 0.15) is 27.2 Å².